The Hall–Kier alpha value is -1.89. The Morgan fingerprint density at radius 2 is 1.33 bits per heavy atom. The zero-order valence-electron chi connectivity index (χ0n) is 10.7. The molecule has 0 saturated heterocycles. The quantitative estimate of drug-likeness (QED) is 0.691. The van der Waals surface area contributed by atoms with E-state index in [0.717, 1.165) is 17.4 Å². The molecule has 1 nitrogen and oxygen atoms in total. The zero-order chi connectivity index (χ0) is 12.8. The molecule has 1 aliphatic carbocycles. The van der Waals surface area contributed by atoms with Gasteiger partial charge in [-0.15, -0.1) is 0 Å². The van der Waals surface area contributed by atoms with Crippen LogP contribution in [0.15, 0.2) is 48.5 Å². The van der Waals surface area contributed by atoms with Crippen LogP contribution in [0.25, 0.3) is 0 Å². The molecule has 0 atom stereocenters. The Bertz CT molecular complexity index is 561. The molecule has 0 amide bonds. The van der Waals surface area contributed by atoms with E-state index >= 15 is 0 Å². The third-order valence-corrected chi connectivity index (χ3v) is 4.07. The summed E-state index contributed by atoms with van der Waals surface area (Å²) in [6.45, 7) is 4.46. The fourth-order valence-electron chi connectivity index (χ4n) is 3.13. The predicted octanol–water partition coefficient (Wildman–Crippen LogP) is 3.66. The van der Waals surface area contributed by atoms with E-state index in [0.29, 0.717) is 0 Å². The molecular formula is C17H16O. The highest BCUT2D eigenvalue weighted by molar-refractivity contribution is 5.74. The van der Waals surface area contributed by atoms with Gasteiger partial charge in [-0.1, -0.05) is 62.4 Å². The van der Waals surface area contributed by atoms with Crippen molar-refractivity contribution in [3.05, 3.63) is 70.8 Å². The lowest BCUT2D eigenvalue weighted by atomic mass is 9.65. The molecule has 0 heterocycles. The van der Waals surface area contributed by atoms with Crippen LogP contribution in [-0.4, -0.2) is 6.29 Å². The second-order valence-electron chi connectivity index (χ2n) is 5.41. The second kappa shape index (κ2) is 3.81. The lowest BCUT2D eigenvalue weighted by Crippen LogP contribution is -2.29. The van der Waals surface area contributed by atoms with Crippen LogP contribution in [0.4, 0.5) is 0 Å². The average Bonchev–Trinajstić information content (AvgIpc) is 2.40. The fraction of sp³-hybridized carbons (Fsp3) is 0.235. The highest BCUT2D eigenvalue weighted by Crippen LogP contribution is 2.45. The zero-order valence-corrected chi connectivity index (χ0v) is 10.7. The summed E-state index contributed by atoms with van der Waals surface area (Å²) >= 11 is 0. The number of benzene rings is 2. The van der Waals surface area contributed by atoms with Crippen LogP contribution >= 0.6 is 0 Å². The molecule has 18 heavy (non-hydrogen) atoms. The normalized spacial score (nSPS) is 16.8. The third kappa shape index (κ3) is 1.37. The van der Waals surface area contributed by atoms with E-state index in [4.69, 9.17) is 0 Å². The van der Waals surface area contributed by atoms with Crippen LogP contribution in [0, 0.1) is 0 Å². The van der Waals surface area contributed by atoms with Crippen LogP contribution in [0.3, 0.4) is 0 Å². The van der Waals surface area contributed by atoms with Gasteiger partial charge in [0.05, 0.1) is 5.92 Å². The van der Waals surface area contributed by atoms with Crippen molar-refractivity contribution in [2.45, 2.75) is 25.2 Å². The van der Waals surface area contributed by atoms with E-state index in [1.165, 1.54) is 11.1 Å². The SMILES string of the molecule is CC1(C)c2ccccc2C(C=O)c2ccccc21. The number of fused-ring (bicyclic) bond motifs is 2. The molecule has 0 unspecified atom stereocenters. The number of carbonyl (C=O) groups excluding carboxylic acids is 1. The molecule has 0 saturated carbocycles. The minimum Gasteiger partial charge on any atom is -0.302 e. The monoisotopic (exact) mass is 236 g/mol. The van der Waals surface area contributed by atoms with Gasteiger partial charge in [0, 0.05) is 5.41 Å². The van der Waals surface area contributed by atoms with Crippen LogP contribution in [0.5, 0.6) is 0 Å². The maximum Gasteiger partial charge on any atom is 0.131 e. The maximum absolute atomic E-state index is 11.5. The van der Waals surface area contributed by atoms with Gasteiger partial charge in [-0.2, -0.15) is 0 Å². The van der Waals surface area contributed by atoms with E-state index in [1.54, 1.807) is 0 Å². The van der Waals surface area contributed by atoms with Crippen molar-refractivity contribution in [2.75, 3.05) is 0 Å². The van der Waals surface area contributed by atoms with E-state index in [9.17, 15) is 4.79 Å². The Labute approximate surface area is 107 Å². The standard InChI is InChI=1S/C17H16O/c1-17(2)15-9-5-3-7-12(15)14(11-18)13-8-4-6-10-16(13)17/h3-11,14H,1-2H3. The summed E-state index contributed by atoms with van der Waals surface area (Å²) in [4.78, 5) is 11.5. The summed E-state index contributed by atoms with van der Waals surface area (Å²) < 4.78 is 0. The summed E-state index contributed by atoms with van der Waals surface area (Å²) in [5, 5.41) is 0. The molecule has 0 bridgehead atoms. The van der Waals surface area contributed by atoms with Gasteiger partial charge in [-0.05, 0) is 22.3 Å². The van der Waals surface area contributed by atoms with Gasteiger partial charge >= 0.3 is 0 Å². The molecule has 90 valence electrons. The lowest BCUT2D eigenvalue weighted by Gasteiger charge is -2.37. The molecule has 0 radical (unpaired) electrons. The molecule has 0 fully saturated rings. The van der Waals surface area contributed by atoms with Crippen LogP contribution in [0.1, 0.15) is 42.0 Å². The van der Waals surface area contributed by atoms with Crippen LogP contribution < -0.4 is 0 Å². The first kappa shape index (κ1) is 11.2. The molecule has 0 N–H and O–H groups in total. The maximum atomic E-state index is 11.5. The molecule has 0 aliphatic heterocycles. The molecular weight excluding hydrogens is 220 g/mol. The van der Waals surface area contributed by atoms with Gasteiger partial charge in [0.15, 0.2) is 0 Å². The van der Waals surface area contributed by atoms with Gasteiger partial charge in [0.1, 0.15) is 6.29 Å². The smallest absolute Gasteiger partial charge is 0.131 e. The summed E-state index contributed by atoms with van der Waals surface area (Å²) in [6.07, 6.45) is 1.06. The topological polar surface area (TPSA) is 17.1 Å². The van der Waals surface area contributed by atoms with Gasteiger partial charge in [0.2, 0.25) is 0 Å². The molecule has 0 spiro atoms. The van der Waals surface area contributed by atoms with Crippen LogP contribution in [-0.2, 0) is 10.2 Å². The van der Waals surface area contributed by atoms with Gasteiger partial charge in [-0.25, -0.2) is 0 Å². The van der Waals surface area contributed by atoms with E-state index in [2.05, 4.69) is 50.2 Å². The molecule has 2 aromatic rings. The highest BCUT2D eigenvalue weighted by Gasteiger charge is 2.36. The van der Waals surface area contributed by atoms with Gasteiger partial charge in [-0.3, -0.25) is 0 Å². The molecule has 1 heteroatoms. The van der Waals surface area contributed by atoms with E-state index in [1.807, 2.05) is 12.1 Å². The summed E-state index contributed by atoms with van der Waals surface area (Å²) in [5.74, 6) is -0.120. The molecule has 1 aliphatic rings. The first-order chi connectivity index (χ1) is 8.66. The number of aldehydes is 1. The summed E-state index contributed by atoms with van der Waals surface area (Å²) in [5.41, 5.74) is 4.79. The van der Waals surface area contributed by atoms with E-state index in [-0.39, 0.29) is 11.3 Å². The Balaban J connectivity index is 2.36. The predicted molar refractivity (Wildman–Crippen MR) is 72.9 cm³/mol. The van der Waals surface area contributed by atoms with Gasteiger partial charge < -0.3 is 4.79 Å². The van der Waals surface area contributed by atoms with Crippen molar-refractivity contribution in [2.24, 2.45) is 0 Å². The van der Waals surface area contributed by atoms with Crippen molar-refractivity contribution in [1.29, 1.82) is 0 Å². The van der Waals surface area contributed by atoms with Crippen molar-refractivity contribution < 1.29 is 4.79 Å². The Morgan fingerprint density at radius 1 is 0.889 bits per heavy atom. The minimum absolute atomic E-state index is 0.0350. The first-order valence-electron chi connectivity index (χ1n) is 6.30. The third-order valence-electron chi connectivity index (χ3n) is 4.07. The first-order valence-corrected chi connectivity index (χ1v) is 6.30. The van der Waals surface area contributed by atoms with Crippen molar-refractivity contribution in [3.8, 4) is 0 Å². The number of rotatable bonds is 1. The van der Waals surface area contributed by atoms with Crippen LogP contribution in [0.2, 0.25) is 0 Å². The second-order valence-corrected chi connectivity index (χ2v) is 5.41. The van der Waals surface area contributed by atoms with Gasteiger partial charge in [0.25, 0.3) is 0 Å². The molecule has 3 rings (SSSR count). The van der Waals surface area contributed by atoms with E-state index < -0.39 is 0 Å². The average molecular weight is 236 g/mol. The lowest BCUT2D eigenvalue weighted by molar-refractivity contribution is -0.108. The number of hydrogen-bond donors (Lipinski definition) is 0. The minimum atomic E-state index is -0.120. The van der Waals surface area contributed by atoms with Crippen molar-refractivity contribution in [3.63, 3.8) is 0 Å². The number of hydrogen-bond acceptors (Lipinski definition) is 1. The summed E-state index contributed by atoms with van der Waals surface area (Å²) in [6, 6.07) is 16.6. The Morgan fingerprint density at radius 3 is 1.78 bits per heavy atom. The highest BCUT2D eigenvalue weighted by atomic mass is 16.1. The molecule has 2 aromatic carbocycles. The fourth-order valence-corrected chi connectivity index (χ4v) is 3.13. The summed E-state index contributed by atoms with van der Waals surface area (Å²) in [7, 11) is 0. The Kier molecular flexibility index (Phi) is 2.37. The number of carbonyl (C=O) groups is 1. The van der Waals surface area contributed by atoms with Crippen molar-refractivity contribution >= 4 is 6.29 Å². The largest absolute Gasteiger partial charge is 0.302 e. The van der Waals surface area contributed by atoms with Crippen molar-refractivity contribution in [1.82, 2.24) is 0 Å². The molecule has 0 aromatic heterocycles.